The van der Waals surface area contributed by atoms with Gasteiger partial charge in [0.05, 0.1) is 26.0 Å². The summed E-state index contributed by atoms with van der Waals surface area (Å²) < 4.78 is 8.68. The van der Waals surface area contributed by atoms with Gasteiger partial charge in [0, 0.05) is 29.6 Å². The van der Waals surface area contributed by atoms with Crippen LogP contribution >= 0.6 is 0 Å². The molecule has 0 bridgehead atoms. The molecule has 0 spiro atoms. The number of carbonyl (C=O) groups is 1. The summed E-state index contributed by atoms with van der Waals surface area (Å²) in [6, 6.07) is 19.5. The van der Waals surface area contributed by atoms with E-state index < -0.39 is 6.04 Å². The zero-order valence-corrected chi connectivity index (χ0v) is 18.3. The number of esters is 1. The minimum absolute atomic E-state index is 0.0184. The van der Waals surface area contributed by atoms with Gasteiger partial charge in [0.15, 0.2) is 0 Å². The predicted molar refractivity (Wildman–Crippen MR) is 122 cm³/mol. The molecule has 1 aliphatic rings. The molecular weight excluding hydrogens is 418 g/mol. The maximum Gasteiger partial charge on any atom is 0.323 e. The van der Waals surface area contributed by atoms with E-state index in [1.807, 2.05) is 77.7 Å². The minimum atomic E-state index is -0.415. The van der Waals surface area contributed by atoms with Crippen LogP contribution in [-0.4, -0.2) is 55.2 Å². The summed E-state index contributed by atoms with van der Waals surface area (Å²) in [6.45, 7) is 1.17. The lowest BCUT2D eigenvalue weighted by atomic mass is 9.99. The van der Waals surface area contributed by atoms with E-state index in [-0.39, 0.29) is 17.9 Å². The van der Waals surface area contributed by atoms with Gasteiger partial charge in [-0.25, -0.2) is 0 Å². The van der Waals surface area contributed by atoms with Crippen LogP contribution in [0.25, 0.3) is 22.5 Å². The first-order valence-electron chi connectivity index (χ1n) is 10.9. The molecule has 0 unspecified atom stereocenters. The number of ether oxygens (including phenoxy) is 1. The Balaban J connectivity index is 1.28. The van der Waals surface area contributed by atoms with Crippen molar-refractivity contribution in [1.82, 2.24) is 35.3 Å². The van der Waals surface area contributed by atoms with Crippen LogP contribution in [0.4, 0.5) is 0 Å². The van der Waals surface area contributed by atoms with Crippen molar-refractivity contribution in [2.75, 3.05) is 7.11 Å². The molecule has 9 nitrogen and oxygen atoms in total. The molecule has 2 aromatic carbocycles. The molecule has 1 saturated heterocycles. The summed E-state index contributed by atoms with van der Waals surface area (Å²) in [4.78, 5) is 12.5. The summed E-state index contributed by atoms with van der Waals surface area (Å²) in [5.41, 5.74) is 3.67. The van der Waals surface area contributed by atoms with Crippen LogP contribution in [0, 0.1) is 5.92 Å². The number of aromatic nitrogens is 6. The Morgan fingerprint density at radius 2 is 1.45 bits per heavy atom. The highest BCUT2D eigenvalue weighted by Gasteiger charge is 2.39. The van der Waals surface area contributed by atoms with E-state index in [4.69, 9.17) is 4.74 Å². The molecule has 0 aliphatic carbocycles. The second-order valence-corrected chi connectivity index (χ2v) is 8.24. The Morgan fingerprint density at radius 3 is 2.00 bits per heavy atom. The van der Waals surface area contributed by atoms with Gasteiger partial charge in [-0.1, -0.05) is 71.1 Å². The first-order chi connectivity index (χ1) is 16.2. The van der Waals surface area contributed by atoms with Gasteiger partial charge >= 0.3 is 5.97 Å². The lowest BCUT2D eigenvalue weighted by Gasteiger charge is -2.16. The van der Waals surface area contributed by atoms with Gasteiger partial charge in [0.25, 0.3) is 0 Å². The molecule has 0 amide bonds. The highest BCUT2D eigenvalue weighted by molar-refractivity contribution is 5.76. The Kier molecular flexibility index (Phi) is 5.95. The van der Waals surface area contributed by atoms with Gasteiger partial charge < -0.3 is 4.74 Å². The number of nitrogens with zero attached hydrogens (tertiary/aromatic N) is 6. The first kappa shape index (κ1) is 21.0. The molecule has 33 heavy (non-hydrogen) atoms. The van der Waals surface area contributed by atoms with Gasteiger partial charge in [0.2, 0.25) is 0 Å². The monoisotopic (exact) mass is 443 g/mol. The van der Waals surface area contributed by atoms with Crippen molar-refractivity contribution in [2.45, 2.75) is 31.6 Å². The van der Waals surface area contributed by atoms with Crippen LogP contribution < -0.4 is 5.32 Å². The van der Waals surface area contributed by atoms with Crippen molar-refractivity contribution in [2.24, 2.45) is 5.92 Å². The number of benzene rings is 2. The lowest BCUT2D eigenvalue weighted by Crippen LogP contribution is -2.41. The minimum Gasteiger partial charge on any atom is -0.468 e. The molecule has 5 rings (SSSR count). The number of methoxy groups -OCH3 is 1. The van der Waals surface area contributed by atoms with Crippen LogP contribution in [0.5, 0.6) is 0 Å². The van der Waals surface area contributed by atoms with Crippen LogP contribution in [0.15, 0.2) is 73.1 Å². The van der Waals surface area contributed by atoms with E-state index in [9.17, 15) is 4.79 Å². The third-order valence-electron chi connectivity index (χ3n) is 5.97. The largest absolute Gasteiger partial charge is 0.468 e. The van der Waals surface area contributed by atoms with Gasteiger partial charge in [-0.2, -0.15) is 0 Å². The highest BCUT2D eigenvalue weighted by atomic mass is 16.5. The fraction of sp³-hybridized carbons (Fsp3) is 0.292. The standard InChI is InChI=1S/C24H25N7O2/c1-33-24(32)23-19(13-30-15-21(26-28-30)17-8-4-2-5-9-17)12-20(25-23)14-31-16-22(27-29-31)18-10-6-3-7-11-18/h2-11,15-16,19-20,23,25H,12-14H2,1H3/t19-,20+,23+/m1/s1. The van der Waals surface area contributed by atoms with Gasteiger partial charge in [0.1, 0.15) is 17.4 Å². The van der Waals surface area contributed by atoms with Crippen LogP contribution in [-0.2, 0) is 22.6 Å². The summed E-state index contributed by atoms with van der Waals surface area (Å²) in [5, 5.41) is 20.6. The highest BCUT2D eigenvalue weighted by Crippen LogP contribution is 2.25. The van der Waals surface area contributed by atoms with Gasteiger partial charge in [-0.15, -0.1) is 10.2 Å². The van der Waals surface area contributed by atoms with E-state index in [2.05, 4.69) is 25.9 Å². The predicted octanol–water partition coefficient (Wildman–Crippen LogP) is 2.42. The van der Waals surface area contributed by atoms with Crippen LogP contribution in [0.2, 0.25) is 0 Å². The fourth-order valence-corrected chi connectivity index (χ4v) is 4.38. The van der Waals surface area contributed by atoms with Crippen molar-refractivity contribution in [3.8, 4) is 22.5 Å². The Bertz CT molecular complexity index is 1210. The third kappa shape index (κ3) is 4.68. The third-order valence-corrected chi connectivity index (χ3v) is 5.97. The number of rotatable bonds is 7. The molecule has 1 fully saturated rings. The Morgan fingerprint density at radius 1 is 0.909 bits per heavy atom. The summed E-state index contributed by atoms with van der Waals surface area (Å²) in [7, 11) is 1.42. The second kappa shape index (κ2) is 9.33. The number of hydrogen-bond acceptors (Lipinski definition) is 7. The van der Waals surface area contributed by atoms with Crippen molar-refractivity contribution in [1.29, 1.82) is 0 Å². The van der Waals surface area contributed by atoms with Crippen molar-refractivity contribution >= 4 is 5.97 Å². The maximum atomic E-state index is 12.5. The molecular formula is C24H25N7O2. The Labute approximate surface area is 191 Å². The molecule has 1 aliphatic heterocycles. The fourth-order valence-electron chi connectivity index (χ4n) is 4.38. The van der Waals surface area contributed by atoms with E-state index in [1.165, 1.54) is 7.11 Å². The molecule has 9 heteroatoms. The molecule has 4 aromatic rings. The topological polar surface area (TPSA) is 99.8 Å². The average molecular weight is 444 g/mol. The summed E-state index contributed by atoms with van der Waals surface area (Å²) in [6.07, 6.45) is 4.63. The summed E-state index contributed by atoms with van der Waals surface area (Å²) in [5.74, 6) is -0.251. The van der Waals surface area contributed by atoms with E-state index >= 15 is 0 Å². The van der Waals surface area contributed by atoms with Crippen LogP contribution in [0.3, 0.4) is 0 Å². The SMILES string of the molecule is COC(=O)[C@H]1N[C@H](Cn2cc(-c3ccccc3)nn2)C[C@@H]1Cn1cc(-c2ccccc2)nn1. The average Bonchev–Trinajstić information content (AvgIpc) is 3.61. The van der Waals surface area contributed by atoms with Gasteiger partial charge in [-0.3, -0.25) is 19.5 Å². The molecule has 168 valence electrons. The zero-order valence-electron chi connectivity index (χ0n) is 18.3. The number of hydrogen-bond donors (Lipinski definition) is 1. The van der Waals surface area contributed by atoms with E-state index in [1.54, 1.807) is 4.68 Å². The maximum absolute atomic E-state index is 12.5. The summed E-state index contributed by atoms with van der Waals surface area (Å²) >= 11 is 0. The molecule has 0 saturated carbocycles. The normalized spacial score (nSPS) is 20.1. The molecule has 3 heterocycles. The first-order valence-corrected chi connectivity index (χ1v) is 10.9. The molecule has 1 N–H and O–H groups in total. The molecule has 2 aromatic heterocycles. The van der Waals surface area contributed by atoms with Crippen molar-refractivity contribution < 1.29 is 9.53 Å². The zero-order chi connectivity index (χ0) is 22.6. The number of nitrogens with one attached hydrogen (secondary N) is 1. The Hall–Kier alpha value is -3.85. The molecule has 3 atom stereocenters. The smallest absolute Gasteiger partial charge is 0.323 e. The number of carbonyl (C=O) groups excluding carboxylic acids is 1. The van der Waals surface area contributed by atoms with Gasteiger partial charge in [-0.05, 0) is 6.42 Å². The van der Waals surface area contributed by atoms with Crippen molar-refractivity contribution in [3.63, 3.8) is 0 Å². The quantitative estimate of drug-likeness (QED) is 0.438. The lowest BCUT2D eigenvalue weighted by molar-refractivity contribution is -0.144. The van der Waals surface area contributed by atoms with E-state index in [0.717, 1.165) is 28.9 Å². The van der Waals surface area contributed by atoms with Crippen LogP contribution in [0.1, 0.15) is 6.42 Å². The molecule has 0 radical (unpaired) electrons. The second-order valence-electron chi connectivity index (χ2n) is 8.24. The van der Waals surface area contributed by atoms with E-state index in [0.29, 0.717) is 13.1 Å². The van der Waals surface area contributed by atoms with Crippen molar-refractivity contribution in [3.05, 3.63) is 73.1 Å².